The highest BCUT2D eigenvalue weighted by atomic mass is 32.1. The van der Waals surface area contributed by atoms with Crippen LogP contribution in [0.5, 0.6) is 0 Å². The van der Waals surface area contributed by atoms with E-state index in [-0.39, 0.29) is 0 Å². The Balaban J connectivity index is 1.62. The minimum absolute atomic E-state index is 0.938. The fraction of sp³-hybridized carbons (Fsp3) is 0.154. The van der Waals surface area contributed by atoms with Crippen LogP contribution >= 0.6 is 11.7 Å². The molecule has 0 bridgehead atoms. The van der Waals surface area contributed by atoms with Crippen LogP contribution in [0.25, 0.3) is 55.1 Å². The molecule has 0 aliphatic carbocycles. The maximum atomic E-state index is 4.74. The van der Waals surface area contributed by atoms with Crippen LogP contribution in [-0.4, -0.2) is 17.9 Å². The fourth-order valence-electron chi connectivity index (χ4n) is 4.75. The Hall–Kier alpha value is -3.44. The molecule has 31 heavy (non-hydrogen) atoms. The quantitative estimate of drug-likeness (QED) is 0.307. The Morgan fingerprint density at radius 2 is 1.06 bits per heavy atom. The smallest absolute Gasteiger partial charge is 0.113 e. The molecule has 6 aromatic rings. The number of nitrogens with zero attached hydrogens (tertiary/aromatic N) is 4. The van der Waals surface area contributed by atoms with Gasteiger partial charge in [0.1, 0.15) is 11.0 Å². The van der Waals surface area contributed by atoms with E-state index in [9.17, 15) is 0 Å². The van der Waals surface area contributed by atoms with Crippen molar-refractivity contribution < 1.29 is 0 Å². The normalized spacial score (nSPS) is 11.8. The molecule has 3 aromatic heterocycles. The lowest BCUT2D eigenvalue weighted by Gasteiger charge is -2.06. The molecule has 0 spiro atoms. The van der Waals surface area contributed by atoms with Crippen molar-refractivity contribution >= 4 is 44.6 Å². The Morgan fingerprint density at radius 1 is 0.613 bits per heavy atom. The molecule has 0 saturated heterocycles. The first-order chi connectivity index (χ1) is 15.3. The van der Waals surface area contributed by atoms with Crippen molar-refractivity contribution in [1.29, 1.82) is 0 Å². The molecule has 3 heterocycles. The lowest BCUT2D eigenvalue weighted by molar-refractivity contribution is 0.798. The van der Waals surface area contributed by atoms with Gasteiger partial charge in [-0.05, 0) is 26.0 Å². The van der Waals surface area contributed by atoms with Gasteiger partial charge in [0.2, 0.25) is 0 Å². The second-order valence-electron chi connectivity index (χ2n) is 7.81. The molecule has 0 aliphatic rings. The van der Waals surface area contributed by atoms with Gasteiger partial charge in [-0.15, -0.1) is 0 Å². The summed E-state index contributed by atoms with van der Waals surface area (Å²) in [6.45, 7) is 6.24. The number of fused-ring (bicyclic) bond motifs is 3. The third-order valence-corrected chi connectivity index (χ3v) is 6.78. The minimum atomic E-state index is 0.938. The van der Waals surface area contributed by atoms with E-state index in [2.05, 4.69) is 96.0 Å². The first-order valence-corrected chi connectivity index (χ1v) is 11.4. The highest BCUT2D eigenvalue weighted by molar-refractivity contribution is 7.00. The molecule has 0 amide bonds. The molecule has 6 rings (SSSR count). The summed E-state index contributed by atoms with van der Waals surface area (Å²) >= 11 is 1.29. The molecule has 0 radical (unpaired) electrons. The van der Waals surface area contributed by atoms with Crippen LogP contribution in [0, 0.1) is 0 Å². The average Bonchev–Trinajstić information content (AvgIpc) is 3.54. The van der Waals surface area contributed by atoms with E-state index in [0.717, 1.165) is 35.2 Å². The van der Waals surface area contributed by atoms with E-state index in [1.54, 1.807) is 0 Å². The summed E-state index contributed by atoms with van der Waals surface area (Å²) in [5.74, 6) is 0. The van der Waals surface area contributed by atoms with Crippen molar-refractivity contribution in [2.75, 3.05) is 0 Å². The molecule has 4 nitrogen and oxygen atoms in total. The largest absolute Gasteiger partial charge is 0.347 e. The first kappa shape index (κ1) is 18.3. The van der Waals surface area contributed by atoms with Crippen LogP contribution < -0.4 is 0 Å². The summed E-state index contributed by atoms with van der Waals surface area (Å²) in [4.78, 5) is 0. The molecular weight excluding hydrogens is 400 g/mol. The number of rotatable bonds is 4. The minimum Gasteiger partial charge on any atom is -0.347 e. The van der Waals surface area contributed by atoms with Crippen molar-refractivity contribution in [3.63, 3.8) is 0 Å². The van der Waals surface area contributed by atoms with Crippen molar-refractivity contribution in [2.24, 2.45) is 0 Å². The van der Waals surface area contributed by atoms with Crippen LogP contribution in [0.3, 0.4) is 0 Å². The van der Waals surface area contributed by atoms with Gasteiger partial charge in [0.05, 0.1) is 11.7 Å². The lowest BCUT2D eigenvalue weighted by atomic mass is 9.97. The molecule has 0 atom stereocenters. The van der Waals surface area contributed by atoms with Crippen LogP contribution in [0.2, 0.25) is 0 Å². The van der Waals surface area contributed by atoms with Crippen LogP contribution in [-0.2, 0) is 13.1 Å². The zero-order valence-electron chi connectivity index (χ0n) is 17.5. The number of hydrogen-bond acceptors (Lipinski definition) is 3. The number of aromatic nitrogens is 4. The molecular formula is C26H22N4S. The predicted molar refractivity (Wildman–Crippen MR) is 131 cm³/mol. The average molecular weight is 423 g/mol. The van der Waals surface area contributed by atoms with Crippen molar-refractivity contribution in [3.8, 4) is 22.3 Å². The summed E-state index contributed by atoms with van der Waals surface area (Å²) in [6.07, 6.45) is 4.50. The summed E-state index contributed by atoms with van der Waals surface area (Å²) in [6, 6.07) is 21.6. The molecule has 0 N–H and O–H groups in total. The third kappa shape index (κ3) is 2.66. The SMILES string of the molecule is CCn1cc(-c2ccc(-c3cn(CC)c4ccccc34)c3nsnc23)c2ccccc21. The number of hydrogen-bond donors (Lipinski definition) is 0. The van der Waals surface area contributed by atoms with Gasteiger partial charge in [-0.3, -0.25) is 0 Å². The van der Waals surface area contributed by atoms with Gasteiger partial charge in [0, 0.05) is 69.5 Å². The summed E-state index contributed by atoms with van der Waals surface area (Å²) in [5.41, 5.74) is 9.21. The maximum Gasteiger partial charge on any atom is 0.113 e. The van der Waals surface area contributed by atoms with Crippen LogP contribution in [0.15, 0.2) is 73.1 Å². The van der Waals surface area contributed by atoms with E-state index >= 15 is 0 Å². The predicted octanol–water partition coefficient (Wildman–Crippen LogP) is 6.97. The van der Waals surface area contributed by atoms with Crippen molar-refractivity contribution in [1.82, 2.24) is 17.9 Å². The third-order valence-electron chi connectivity index (χ3n) is 6.25. The fourth-order valence-corrected chi connectivity index (χ4v) is 5.32. The zero-order valence-corrected chi connectivity index (χ0v) is 18.4. The van der Waals surface area contributed by atoms with Crippen molar-refractivity contribution in [3.05, 3.63) is 73.1 Å². The molecule has 3 aromatic carbocycles. The second-order valence-corrected chi connectivity index (χ2v) is 8.34. The molecule has 0 saturated carbocycles. The zero-order chi connectivity index (χ0) is 20.9. The van der Waals surface area contributed by atoms with Gasteiger partial charge in [-0.2, -0.15) is 8.75 Å². The van der Waals surface area contributed by atoms with E-state index in [4.69, 9.17) is 8.75 Å². The van der Waals surface area contributed by atoms with Gasteiger partial charge >= 0.3 is 0 Å². The Morgan fingerprint density at radius 3 is 1.52 bits per heavy atom. The summed E-state index contributed by atoms with van der Waals surface area (Å²) in [5, 5.41) is 2.52. The molecule has 0 aliphatic heterocycles. The van der Waals surface area contributed by atoms with Gasteiger partial charge < -0.3 is 9.13 Å². The first-order valence-electron chi connectivity index (χ1n) is 10.7. The van der Waals surface area contributed by atoms with E-state index in [1.165, 1.54) is 44.7 Å². The van der Waals surface area contributed by atoms with Gasteiger partial charge in [0.15, 0.2) is 0 Å². The number of benzene rings is 3. The highest BCUT2D eigenvalue weighted by Crippen LogP contribution is 2.40. The van der Waals surface area contributed by atoms with Crippen LogP contribution in [0.4, 0.5) is 0 Å². The topological polar surface area (TPSA) is 35.6 Å². The van der Waals surface area contributed by atoms with E-state index < -0.39 is 0 Å². The standard InChI is InChI=1S/C26H22N4S/c1-3-29-15-21(17-9-5-7-11-23(17)29)19-13-14-20(26-25(19)27-31-28-26)22-16-30(4-2)24-12-8-6-10-18(22)24/h5-16H,3-4H2,1-2H3. The Kier molecular flexibility index (Phi) is 4.18. The Labute approximate surface area is 184 Å². The summed E-state index contributed by atoms with van der Waals surface area (Å²) < 4.78 is 14.1. The van der Waals surface area contributed by atoms with E-state index in [1.807, 2.05) is 0 Å². The number of para-hydroxylation sites is 2. The second kappa shape index (κ2) is 7.06. The van der Waals surface area contributed by atoms with Gasteiger partial charge in [-0.1, -0.05) is 48.5 Å². The Bertz CT molecular complexity index is 1450. The summed E-state index contributed by atoms with van der Waals surface area (Å²) in [7, 11) is 0. The van der Waals surface area contributed by atoms with Gasteiger partial charge in [0.25, 0.3) is 0 Å². The molecule has 5 heteroatoms. The van der Waals surface area contributed by atoms with Crippen LogP contribution in [0.1, 0.15) is 13.8 Å². The molecule has 152 valence electrons. The molecule has 0 fully saturated rings. The van der Waals surface area contributed by atoms with E-state index in [0.29, 0.717) is 0 Å². The maximum absolute atomic E-state index is 4.74. The number of aryl methyl sites for hydroxylation is 2. The lowest BCUT2D eigenvalue weighted by Crippen LogP contribution is -1.90. The van der Waals surface area contributed by atoms with Gasteiger partial charge in [-0.25, -0.2) is 0 Å². The van der Waals surface area contributed by atoms with Crippen molar-refractivity contribution in [2.45, 2.75) is 26.9 Å². The molecule has 0 unspecified atom stereocenters. The highest BCUT2D eigenvalue weighted by Gasteiger charge is 2.19. The monoisotopic (exact) mass is 422 g/mol.